The first-order chi connectivity index (χ1) is 12.2. The fourth-order valence-corrected chi connectivity index (χ4v) is 3.31. The monoisotopic (exact) mass is 335 g/mol. The van der Waals surface area contributed by atoms with E-state index >= 15 is 0 Å². The van der Waals surface area contributed by atoms with Crippen LogP contribution in [0.15, 0.2) is 42.6 Å². The first kappa shape index (κ1) is 15.8. The second-order valence-electron chi connectivity index (χ2n) is 6.26. The maximum absolute atomic E-state index is 9.78. The van der Waals surface area contributed by atoms with Crippen molar-refractivity contribution in [2.24, 2.45) is 0 Å². The van der Waals surface area contributed by atoms with Crippen molar-refractivity contribution in [1.82, 2.24) is 15.0 Å². The van der Waals surface area contributed by atoms with E-state index in [1.165, 1.54) is 0 Å². The number of hydrogen-bond acceptors (Lipinski definition) is 6. The Kier molecular flexibility index (Phi) is 4.19. The fourth-order valence-electron chi connectivity index (χ4n) is 3.31. The summed E-state index contributed by atoms with van der Waals surface area (Å²) in [6.45, 7) is 5.35. The quantitative estimate of drug-likeness (QED) is 0.791. The molecule has 6 heteroatoms. The number of aliphatic hydroxyl groups is 1. The van der Waals surface area contributed by atoms with Crippen molar-refractivity contribution in [3.05, 3.63) is 54.0 Å². The molecule has 0 amide bonds. The van der Waals surface area contributed by atoms with Gasteiger partial charge in [0.2, 0.25) is 0 Å². The van der Waals surface area contributed by atoms with Crippen molar-refractivity contribution in [2.75, 3.05) is 36.0 Å². The lowest BCUT2D eigenvalue weighted by Gasteiger charge is -2.36. The van der Waals surface area contributed by atoms with Gasteiger partial charge in [-0.05, 0) is 25.1 Å². The summed E-state index contributed by atoms with van der Waals surface area (Å²) in [5, 5.41) is 10.8. The van der Waals surface area contributed by atoms with Crippen LogP contribution in [0.4, 0.5) is 11.6 Å². The van der Waals surface area contributed by atoms with E-state index in [2.05, 4.69) is 19.8 Å². The third-order valence-electron chi connectivity index (χ3n) is 4.61. The minimum absolute atomic E-state index is 0.00150. The number of aliphatic hydroxyl groups excluding tert-OH is 1. The molecular weight excluding hydrogens is 314 g/mol. The standard InChI is InChI=1S/C19H21N5O/c1-14-20-7-6-18(21-14)23-8-10-24(11-9-23)19-16(13-25)12-15-4-2-3-5-17(15)22-19/h2-7,12,25H,8-11,13H2,1H3. The van der Waals surface area contributed by atoms with E-state index in [-0.39, 0.29) is 6.61 Å². The molecule has 4 rings (SSSR count). The normalized spacial score (nSPS) is 15.0. The van der Waals surface area contributed by atoms with E-state index in [0.29, 0.717) is 0 Å². The van der Waals surface area contributed by atoms with Gasteiger partial charge >= 0.3 is 0 Å². The highest BCUT2D eigenvalue weighted by atomic mass is 16.3. The van der Waals surface area contributed by atoms with Crippen molar-refractivity contribution in [1.29, 1.82) is 0 Å². The van der Waals surface area contributed by atoms with Crippen LogP contribution >= 0.6 is 0 Å². The van der Waals surface area contributed by atoms with Gasteiger partial charge in [0.25, 0.3) is 0 Å². The maximum Gasteiger partial charge on any atom is 0.134 e. The molecule has 128 valence electrons. The number of aryl methyl sites for hydroxylation is 1. The number of aromatic nitrogens is 3. The van der Waals surface area contributed by atoms with E-state index in [0.717, 1.165) is 60.1 Å². The predicted molar refractivity (Wildman–Crippen MR) is 98.9 cm³/mol. The highest BCUT2D eigenvalue weighted by molar-refractivity contribution is 5.81. The molecule has 0 radical (unpaired) electrons. The molecule has 1 aliphatic rings. The molecule has 3 heterocycles. The van der Waals surface area contributed by atoms with Crippen LogP contribution < -0.4 is 9.80 Å². The summed E-state index contributed by atoms with van der Waals surface area (Å²) in [4.78, 5) is 18.0. The molecule has 0 aliphatic carbocycles. The van der Waals surface area contributed by atoms with Gasteiger partial charge in [0.05, 0.1) is 12.1 Å². The Hall–Kier alpha value is -2.73. The minimum Gasteiger partial charge on any atom is -0.392 e. The molecule has 0 unspecified atom stereocenters. The van der Waals surface area contributed by atoms with Crippen molar-refractivity contribution < 1.29 is 5.11 Å². The second-order valence-corrected chi connectivity index (χ2v) is 6.26. The van der Waals surface area contributed by atoms with Crippen LogP contribution in [0.3, 0.4) is 0 Å². The summed E-state index contributed by atoms with van der Waals surface area (Å²) in [5.41, 5.74) is 1.84. The number of rotatable bonds is 3. The Balaban J connectivity index is 1.57. The first-order valence-electron chi connectivity index (χ1n) is 8.53. The molecule has 1 aliphatic heterocycles. The smallest absolute Gasteiger partial charge is 0.134 e. The van der Waals surface area contributed by atoms with Crippen LogP contribution in [0.5, 0.6) is 0 Å². The zero-order chi connectivity index (χ0) is 17.2. The summed E-state index contributed by atoms with van der Waals surface area (Å²) in [5.74, 6) is 2.65. The number of anilines is 2. The molecule has 3 aromatic rings. The van der Waals surface area contributed by atoms with Gasteiger partial charge in [0.15, 0.2) is 0 Å². The summed E-state index contributed by atoms with van der Waals surface area (Å²) in [6.07, 6.45) is 1.80. The van der Waals surface area contributed by atoms with Crippen LogP contribution in [-0.4, -0.2) is 46.2 Å². The molecule has 0 saturated carbocycles. The van der Waals surface area contributed by atoms with Gasteiger partial charge in [0, 0.05) is 43.3 Å². The highest BCUT2D eigenvalue weighted by Gasteiger charge is 2.21. The Bertz CT molecular complexity index is 890. The number of piperazine rings is 1. The molecule has 2 aromatic heterocycles. The van der Waals surface area contributed by atoms with E-state index in [1.807, 2.05) is 43.3 Å². The summed E-state index contributed by atoms with van der Waals surface area (Å²) < 4.78 is 0. The van der Waals surface area contributed by atoms with Crippen LogP contribution in [0.25, 0.3) is 10.9 Å². The van der Waals surface area contributed by atoms with Crippen molar-refractivity contribution in [2.45, 2.75) is 13.5 Å². The van der Waals surface area contributed by atoms with E-state index < -0.39 is 0 Å². The average molecular weight is 335 g/mol. The van der Waals surface area contributed by atoms with E-state index in [1.54, 1.807) is 6.20 Å². The van der Waals surface area contributed by atoms with Crippen molar-refractivity contribution in [3.63, 3.8) is 0 Å². The molecular formula is C19H21N5O. The van der Waals surface area contributed by atoms with Gasteiger partial charge in [-0.1, -0.05) is 18.2 Å². The molecule has 6 nitrogen and oxygen atoms in total. The second kappa shape index (κ2) is 6.64. The van der Waals surface area contributed by atoms with Crippen molar-refractivity contribution in [3.8, 4) is 0 Å². The predicted octanol–water partition coefficient (Wildman–Crippen LogP) is 2.15. The van der Waals surface area contributed by atoms with E-state index in [9.17, 15) is 5.11 Å². The van der Waals surface area contributed by atoms with Gasteiger partial charge < -0.3 is 14.9 Å². The van der Waals surface area contributed by atoms with Gasteiger partial charge in [-0.15, -0.1) is 0 Å². The number of benzene rings is 1. The number of nitrogens with zero attached hydrogens (tertiary/aromatic N) is 5. The summed E-state index contributed by atoms with van der Waals surface area (Å²) in [7, 11) is 0. The van der Waals surface area contributed by atoms with Crippen LogP contribution in [0, 0.1) is 6.92 Å². The molecule has 1 fully saturated rings. The number of fused-ring (bicyclic) bond motifs is 1. The third-order valence-corrected chi connectivity index (χ3v) is 4.61. The van der Waals surface area contributed by atoms with Gasteiger partial charge in [-0.2, -0.15) is 0 Å². The van der Waals surface area contributed by atoms with Crippen LogP contribution in [-0.2, 0) is 6.61 Å². The average Bonchev–Trinajstić information content (AvgIpc) is 2.67. The minimum atomic E-state index is -0.00150. The Labute approximate surface area is 146 Å². The van der Waals surface area contributed by atoms with Crippen LogP contribution in [0.2, 0.25) is 0 Å². The first-order valence-corrected chi connectivity index (χ1v) is 8.53. The topological polar surface area (TPSA) is 65.4 Å². The molecule has 0 bridgehead atoms. The van der Waals surface area contributed by atoms with Crippen LogP contribution in [0.1, 0.15) is 11.4 Å². The fraction of sp³-hybridized carbons (Fsp3) is 0.316. The van der Waals surface area contributed by atoms with E-state index in [4.69, 9.17) is 4.98 Å². The summed E-state index contributed by atoms with van der Waals surface area (Å²) in [6, 6.07) is 12.0. The zero-order valence-corrected chi connectivity index (χ0v) is 14.3. The Morgan fingerprint density at radius 1 is 1.00 bits per heavy atom. The molecule has 0 spiro atoms. The summed E-state index contributed by atoms with van der Waals surface area (Å²) >= 11 is 0. The number of pyridine rings is 1. The molecule has 0 atom stereocenters. The lowest BCUT2D eigenvalue weighted by atomic mass is 10.1. The highest BCUT2D eigenvalue weighted by Crippen LogP contribution is 2.25. The Morgan fingerprint density at radius 2 is 1.76 bits per heavy atom. The number of para-hydroxylation sites is 1. The maximum atomic E-state index is 9.78. The molecule has 1 saturated heterocycles. The molecule has 25 heavy (non-hydrogen) atoms. The zero-order valence-electron chi connectivity index (χ0n) is 14.3. The Morgan fingerprint density at radius 3 is 2.52 bits per heavy atom. The van der Waals surface area contributed by atoms with Crippen molar-refractivity contribution >= 4 is 22.5 Å². The SMILES string of the molecule is Cc1nccc(N2CCN(c3nc4ccccc4cc3CO)CC2)n1. The lowest BCUT2D eigenvalue weighted by Crippen LogP contribution is -2.47. The number of hydrogen-bond donors (Lipinski definition) is 1. The lowest BCUT2D eigenvalue weighted by molar-refractivity contribution is 0.281. The third kappa shape index (κ3) is 3.13. The molecule has 1 aromatic carbocycles. The van der Waals surface area contributed by atoms with Gasteiger partial charge in [0.1, 0.15) is 17.5 Å². The largest absolute Gasteiger partial charge is 0.392 e. The molecule has 1 N–H and O–H groups in total. The van der Waals surface area contributed by atoms with Gasteiger partial charge in [-0.3, -0.25) is 0 Å². The van der Waals surface area contributed by atoms with Gasteiger partial charge in [-0.25, -0.2) is 15.0 Å².